The molecule has 1 amide bonds. The topological polar surface area (TPSA) is 20.3 Å². The highest BCUT2D eigenvalue weighted by Gasteiger charge is 2.45. The van der Waals surface area contributed by atoms with Crippen LogP contribution in [-0.4, -0.2) is 35.4 Å². The molecular formula is C9H13ClF3NO. The van der Waals surface area contributed by atoms with Crippen LogP contribution in [0.5, 0.6) is 0 Å². The first-order valence-corrected chi connectivity index (χ1v) is 5.29. The summed E-state index contributed by atoms with van der Waals surface area (Å²) in [4.78, 5) is 12.7. The van der Waals surface area contributed by atoms with Crippen LogP contribution in [0, 0.1) is 5.92 Å². The van der Waals surface area contributed by atoms with Crippen molar-refractivity contribution in [3.05, 3.63) is 0 Å². The normalized spacial score (nSPS) is 24.3. The Labute approximate surface area is 91.4 Å². The first-order valence-electron chi connectivity index (χ1n) is 4.85. The fraction of sp³-hybridized carbons (Fsp3) is 0.889. The van der Waals surface area contributed by atoms with Gasteiger partial charge in [-0.05, 0) is 12.8 Å². The Hall–Kier alpha value is -0.450. The minimum absolute atomic E-state index is 0.0113. The second-order valence-corrected chi connectivity index (χ2v) is 4.21. The number of nitrogens with zero attached hydrogens (tertiary/aromatic N) is 1. The summed E-state index contributed by atoms with van der Waals surface area (Å²) in [5.74, 6) is -1.77. The van der Waals surface area contributed by atoms with Gasteiger partial charge >= 0.3 is 6.18 Å². The molecule has 0 bridgehead atoms. The third-order valence-corrected chi connectivity index (χ3v) is 3.08. The van der Waals surface area contributed by atoms with Crippen molar-refractivity contribution < 1.29 is 18.0 Å². The molecule has 0 unspecified atom stereocenters. The summed E-state index contributed by atoms with van der Waals surface area (Å²) in [6.45, 7) is 1.64. The molecule has 88 valence electrons. The lowest BCUT2D eigenvalue weighted by Crippen LogP contribution is -2.36. The number of hydrogen-bond acceptors (Lipinski definition) is 1. The van der Waals surface area contributed by atoms with Gasteiger partial charge in [-0.15, -0.1) is 11.6 Å². The Morgan fingerprint density at radius 2 is 2.20 bits per heavy atom. The third-order valence-electron chi connectivity index (χ3n) is 2.59. The predicted octanol–water partition coefficient (Wildman–Crippen LogP) is 2.41. The van der Waals surface area contributed by atoms with Gasteiger partial charge < -0.3 is 4.90 Å². The van der Waals surface area contributed by atoms with Gasteiger partial charge in [-0.1, -0.05) is 6.92 Å². The number of carbonyl (C=O) groups is 1. The molecule has 2 nitrogen and oxygen atoms in total. The molecule has 1 aliphatic rings. The first-order chi connectivity index (χ1) is 6.86. The van der Waals surface area contributed by atoms with E-state index in [1.807, 2.05) is 0 Å². The maximum absolute atomic E-state index is 12.3. The molecule has 1 heterocycles. The van der Waals surface area contributed by atoms with Crippen molar-refractivity contribution in [3.8, 4) is 0 Å². The van der Waals surface area contributed by atoms with Gasteiger partial charge in [0.1, 0.15) is 5.38 Å². The summed E-state index contributed by atoms with van der Waals surface area (Å²) >= 11 is 5.69. The Morgan fingerprint density at radius 1 is 1.60 bits per heavy atom. The van der Waals surface area contributed by atoms with Gasteiger partial charge in [-0.3, -0.25) is 4.79 Å². The molecule has 0 saturated carbocycles. The molecule has 1 aliphatic heterocycles. The van der Waals surface area contributed by atoms with Crippen molar-refractivity contribution in [2.75, 3.05) is 13.1 Å². The maximum Gasteiger partial charge on any atom is 0.393 e. The van der Waals surface area contributed by atoms with Crippen molar-refractivity contribution in [2.24, 2.45) is 5.92 Å². The van der Waals surface area contributed by atoms with Crippen molar-refractivity contribution in [3.63, 3.8) is 0 Å². The van der Waals surface area contributed by atoms with Crippen LogP contribution in [-0.2, 0) is 4.79 Å². The monoisotopic (exact) mass is 243 g/mol. The first kappa shape index (κ1) is 12.6. The Morgan fingerprint density at radius 3 is 2.60 bits per heavy atom. The number of hydrogen-bond donors (Lipinski definition) is 0. The van der Waals surface area contributed by atoms with Crippen LogP contribution in [0.25, 0.3) is 0 Å². The second kappa shape index (κ2) is 4.60. The van der Waals surface area contributed by atoms with Crippen LogP contribution < -0.4 is 0 Å². The van der Waals surface area contributed by atoms with Crippen LogP contribution in [0.4, 0.5) is 13.2 Å². The summed E-state index contributed by atoms with van der Waals surface area (Å²) in [6, 6.07) is 0. The Balaban J connectivity index is 2.53. The smallest absolute Gasteiger partial charge is 0.341 e. The SMILES string of the molecule is CC[C@H](Cl)C(=O)N1CC[C@H](C(F)(F)F)C1. The van der Waals surface area contributed by atoms with Gasteiger partial charge in [-0.25, -0.2) is 0 Å². The lowest BCUT2D eigenvalue weighted by atomic mass is 10.1. The number of halogens is 4. The summed E-state index contributed by atoms with van der Waals surface area (Å²) < 4.78 is 36.9. The minimum Gasteiger partial charge on any atom is -0.341 e. The third kappa shape index (κ3) is 3.00. The molecule has 0 aromatic heterocycles. The molecule has 15 heavy (non-hydrogen) atoms. The number of likely N-dealkylation sites (tertiary alicyclic amines) is 1. The highest BCUT2D eigenvalue weighted by atomic mass is 35.5. The largest absolute Gasteiger partial charge is 0.393 e. The molecule has 0 aliphatic carbocycles. The van der Waals surface area contributed by atoms with Gasteiger partial charge in [0.15, 0.2) is 0 Å². The molecule has 0 spiro atoms. The average Bonchev–Trinajstić information content (AvgIpc) is 2.63. The Kier molecular flexibility index (Phi) is 3.87. The van der Waals surface area contributed by atoms with Crippen molar-refractivity contribution in [2.45, 2.75) is 31.3 Å². The number of alkyl halides is 4. The molecule has 0 aromatic rings. The standard InChI is InChI=1S/C9H13ClF3NO/c1-2-7(10)8(15)14-4-3-6(5-14)9(11,12)13/h6-7H,2-5H2,1H3/t6-,7-/m0/s1. The average molecular weight is 244 g/mol. The highest BCUT2D eigenvalue weighted by Crippen LogP contribution is 2.33. The van der Waals surface area contributed by atoms with Crippen LogP contribution in [0.2, 0.25) is 0 Å². The Bertz CT molecular complexity index is 244. The van der Waals surface area contributed by atoms with Crippen LogP contribution in [0.15, 0.2) is 0 Å². The maximum atomic E-state index is 12.3. The van der Waals surface area contributed by atoms with Crippen molar-refractivity contribution in [1.82, 2.24) is 4.90 Å². The van der Waals surface area contributed by atoms with Crippen LogP contribution in [0.3, 0.4) is 0 Å². The summed E-state index contributed by atoms with van der Waals surface area (Å²) in [7, 11) is 0. The van der Waals surface area contributed by atoms with Crippen LogP contribution in [0.1, 0.15) is 19.8 Å². The molecule has 6 heteroatoms. The summed E-state index contributed by atoms with van der Waals surface area (Å²) in [5, 5.41) is -0.697. The fourth-order valence-electron chi connectivity index (χ4n) is 1.60. The van der Waals surface area contributed by atoms with Gasteiger partial charge in [0.05, 0.1) is 5.92 Å². The van der Waals surface area contributed by atoms with E-state index in [4.69, 9.17) is 11.6 Å². The van der Waals surface area contributed by atoms with E-state index in [9.17, 15) is 18.0 Å². The molecule has 0 N–H and O–H groups in total. The molecule has 0 aromatic carbocycles. The van der Waals surface area contributed by atoms with E-state index in [1.165, 1.54) is 4.90 Å². The number of amides is 1. The van der Waals surface area contributed by atoms with Crippen LogP contribution >= 0.6 is 11.6 Å². The molecule has 0 radical (unpaired) electrons. The fourth-order valence-corrected chi connectivity index (χ4v) is 1.74. The van der Waals surface area contributed by atoms with E-state index < -0.39 is 17.5 Å². The van der Waals surface area contributed by atoms with Gasteiger partial charge in [-0.2, -0.15) is 13.2 Å². The molecule has 2 atom stereocenters. The summed E-state index contributed by atoms with van der Waals surface area (Å²) in [6.07, 6.45) is -3.78. The van der Waals surface area contributed by atoms with E-state index in [0.29, 0.717) is 6.42 Å². The predicted molar refractivity (Wildman–Crippen MR) is 50.7 cm³/mol. The van der Waals surface area contributed by atoms with Crippen molar-refractivity contribution >= 4 is 17.5 Å². The van der Waals surface area contributed by atoms with E-state index in [1.54, 1.807) is 6.92 Å². The molecular weight excluding hydrogens is 231 g/mol. The van der Waals surface area contributed by atoms with Crippen molar-refractivity contribution in [1.29, 1.82) is 0 Å². The van der Waals surface area contributed by atoms with Gasteiger partial charge in [0.2, 0.25) is 5.91 Å². The van der Waals surface area contributed by atoms with Gasteiger partial charge in [0.25, 0.3) is 0 Å². The van der Waals surface area contributed by atoms with E-state index in [-0.39, 0.29) is 25.4 Å². The molecule has 1 saturated heterocycles. The van der Waals surface area contributed by atoms with E-state index in [2.05, 4.69) is 0 Å². The zero-order valence-corrected chi connectivity index (χ0v) is 9.11. The van der Waals surface area contributed by atoms with E-state index in [0.717, 1.165) is 0 Å². The second-order valence-electron chi connectivity index (χ2n) is 3.69. The van der Waals surface area contributed by atoms with E-state index >= 15 is 0 Å². The number of rotatable bonds is 2. The lowest BCUT2D eigenvalue weighted by molar-refractivity contribution is -0.171. The highest BCUT2D eigenvalue weighted by molar-refractivity contribution is 6.30. The minimum atomic E-state index is -4.21. The summed E-state index contributed by atoms with van der Waals surface area (Å²) in [5.41, 5.74) is 0. The molecule has 1 rings (SSSR count). The quantitative estimate of drug-likeness (QED) is 0.682. The van der Waals surface area contributed by atoms with Gasteiger partial charge in [0, 0.05) is 13.1 Å². The zero-order valence-electron chi connectivity index (χ0n) is 8.35. The number of carbonyl (C=O) groups excluding carboxylic acids is 1. The zero-order chi connectivity index (χ0) is 11.6. The lowest BCUT2D eigenvalue weighted by Gasteiger charge is -2.19. The molecule has 1 fully saturated rings.